The SMILES string of the molecule is CC1(C)CCC(O)(C2(CN)CCCCC2)CC1. The molecule has 0 radical (unpaired) electrons. The summed E-state index contributed by atoms with van der Waals surface area (Å²) in [4.78, 5) is 0. The van der Waals surface area contributed by atoms with Gasteiger partial charge in [0.05, 0.1) is 5.60 Å². The topological polar surface area (TPSA) is 46.2 Å². The van der Waals surface area contributed by atoms with Gasteiger partial charge in [0.15, 0.2) is 0 Å². The second-order valence-electron chi connectivity index (χ2n) is 7.24. The van der Waals surface area contributed by atoms with E-state index in [1.54, 1.807) is 0 Å². The van der Waals surface area contributed by atoms with Crippen LogP contribution in [0.4, 0.5) is 0 Å². The van der Waals surface area contributed by atoms with Crippen molar-refractivity contribution in [1.29, 1.82) is 0 Å². The Morgan fingerprint density at radius 2 is 1.41 bits per heavy atom. The number of nitrogens with two attached hydrogens (primary N) is 1. The summed E-state index contributed by atoms with van der Waals surface area (Å²) in [5.41, 5.74) is 6.03. The highest BCUT2D eigenvalue weighted by molar-refractivity contribution is 5.04. The minimum atomic E-state index is -0.475. The van der Waals surface area contributed by atoms with Crippen LogP contribution in [0.1, 0.15) is 71.6 Å². The molecule has 3 N–H and O–H groups in total. The summed E-state index contributed by atoms with van der Waals surface area (Å²) in [6.07, 6.45) is 10.3. The maximum atomic E-state index is 11.1. The van der Waals surface area contributed by atoms with Gasteiger partial charge in [-0.1, -0.05) is 33.1 Å². The maximum Gasteiger partial charge on any atom is 0.0716 e. The summed E-state index contributed by atoms with van der Waals surface area (Å²) in [5.74, 6) is 0. The van der Waals surface area contributed by atoms with E-state index in [9.17, 15) is 5.11 Å². The summed E-state index contributed by atoms with van der Waals surface area (Å²) < 4.78 is 0. The average Bonchev–Trinajstić information content (AvgIpc) is 2.34. The molecule has 2 fully saturated rings. The second-order valence-corrected chi connectivity index (χ2v) is 7.24. The Bertz CT molecular complexity index is 256. The van der Waals surface area contributed by atoms with Gasteiger partial charge in [0.2, 0.25) is 0 Å². The van der Waals surface area contributed by atoms with E-state index in [2.05, 4.69) is 13.8 Å². The van der Waals surface area contributed by atoms with Crippen LogP contribution in [0.2, 0.25) is 0 Å². The van der Waals surface area contributed by atoms with Gasteiger partial charge in [-0.15, -0.1) is 0 Å². The number of hydrogen-bond donors (Lipinski definition) is 2. The van der Waals surface area contributed by atoms with Crippen LogP contribution in [0.5, 0.6) is 0 Å². The molecule has 0 aromatic heterocycles. The molecule has 0 spiro atoms. The predicted octanol–water partition coefficient (Wildman–Crippen LogP) is 3.23. The van der Waals surface area contributed by atoms with Crippen LogP contribution >= 0.6 is 0 Å². The van der Waals surface area contributed by atoms with Gasteiger partial charge in [0.1, 0.15) is 0 Å². The molecule has 0 aromatic carbocycles. The van der Waals surface area contributed by atoms with Crippen molar-refractivity contribution in [2.24, 2.45) is 16.6 Å². The van der Waals surface area contributed by atoms with E-state index < -0.39 is 5.60 Å². The Hall–Kier alpha value is -0.0800. The monoisotopic (exact) mass is 239 g/mol. The van der Waals surface area contributed by atoms with Gasteiger partial charge in [-0.2, -0.15) is 0 Å². The maximum absolute atomic E-state index is 11.1. The molecule has 17 heavy (non-hydrogen) atoms. The molecule has 0 unspecified atom stereocenters. The molecule has 0 aliphatic heterocycles. The fourth-order valence-electron chi connectivity index (χ4n) is 3.96. The minimum absolute atomic E-state index is 0.0295. The van der Waals surface area contributed by atoms with Gasteiger partial charge >= 0.3 is 0 Å². The van der Waals surface area contributed by atoms with Crippen molar-refractivity contribution in [2.45, 2.75) is 77.2 Å². The van der Waals surface area contributed by atoms with Gasteiger partial charge in [-0.25, -0.2) is 0 Å². The molecule has 2 saturated carbocycles. The third kappa shape index (κ3) is 2.39. The molecule has 100 valence electrons. The van der Waals surface area contributed by atoms with Crippen LogP contribution in [0, 0.1) is 10.8 Å². The Morgan fingerprint density at radius 3 is 1.88 bits per heavy atom. The lowest BCUT2D eigenvalue weighted by molar-refractivity contribution is -0.136. The third-order valence-corrected chi connectivity index (χ3v) is 5.62. The van der Waals surface area contributed by atoms with Crippen LogP contribution in [0.15, 0.2) is 0 Å². The molecule has 2 aliphatic rings. The van der Waals surface area contributed by atoms with E-state index in [1.807, 2.05) is 0 Å². The second kappa shape index (κ2) is 4.55. The van der Waals surface area contributed by atoms with Crippen LogP contribution < -0.4 is 5.73 Å². The third-order valence-electron chi connectivity index (χ3n) is 5.62. The van der Waals surface area contributed by atoms with E-state index in [1.165, 1.54) is 19.3 Å². The lowest BCUT2D eigenvalue weighted by atomic mass is 9.56. The van der Waals surface area contributed by atoms with Gasteiger partial charge in [-0.3, -0.25) is 0 Å². The first-order valence-corrected chi connectivity index (χ1v) is 7.36. The zero-order chi connectivity index (χ0) is 12.6. The van der Waals surface area contributed by atoms with Gasteiger partial charge in [-0.05, 0) is 43.9 Å². The highest BCUT2D eigenvalue weighted by Gasteiger charge is 2.51. The van der Waals surface area contributed by atoms with Crippen molar-refractivity contribution in [3.8, 4) is 0 Å². The molecular weight excluding hydrogens is 210 g/mol. The summed E-state index contributed by atoms with van der Waals surface area (Å²) in [5, 5.41) is 11.1. The van der Waals surface area contributed by atoms with Gasteiger partial charge in [0.25, 0.3) is 0 Å². The van der Waals surface area contributed by atoms with E-state index >= 15 is 0 Å². The number of rotatable bonds is 2. The summed E-state index contributed by atoms with van der Waals surface area (Å²) >= 11 is 0. The smallest absolute Gasteiger partial charge is 0.0716 e. The summed E-state index contributed by atoms with van der Waals surface area (Å²) in [6, 6.07) is 0. The van der Waals surface area contributed by atoms with Crippen LogP contribution in [-0.4, -0.2) is 17.3 Å². The van der Waals surface area contributed by atoms with Gasteiger partial charge in [0, 0.05) is 12.0 Å². The molecule has 0 atom stereocenters. The Balaban J connectivity index is 2.13. The van der Waals surface area contributed by atoms with Crippen molar-refractivity contribution in [2.75, 3.05) is 6.54 Å². The lowest BCUT2D eigenvalue weighted by Crippen LogP contribution is -2.56. The largest absolute Gasteiger partial charge is 0.389 e. The first-order valence-electron chi connectivity index (χ1n) is 7.36. The molecule has 0 heterocycles. The predicted molar refractivity (Wildman–Crippen MR) is 71.8 cm³/mol. The molecular formula is C15H29NO. The number of aliphatic hydroxyl groups is 1. The van der Waals surface area contributed by atoms with E-state index in [4.69, 9.17) is 5.73 Å². The minimum Gasteiger partial charge on any atom is -0.389 e. The average molecular weight is 239 g/mol. The zero-order valence-corrected chi connectivity index (χ0v) is 11.6. The highest BCUT2D eigenvalue weighted by atomic mass is 16.3. The van der Waals surface area contributed by atoms with Gasteiger partial charge < -0.3 is 10.8 Å². The fourth-order valence-corrected chi connectivity index (χ4v) is 3.96. The van der Waals surface area contributed by atoms with Crippen molar-refractivity contribution in [1.82, 2.24) is 0 Å². The highest BCUT2D eigenvalue weighted by Crippen LogP contribution is 2.53. The molecule has 0 saturated heterocycles. The normalized spacial score (nSPS) is 31.1. The first kappa shape index (κ1) is 13.4. The Kier molecular flexibility index (Phi) is 3.57. The molecule has 2 nitrogen and oxygen atoms in total. The summed E-state index contributed by atoms with van der Waals surface area (Å²) in [7, 11) is 0. The fraction of sp³-hybridized carbons (Fsp3) is 1.00. The molecule has 2 heteroatoms. The molecule has 0 amide bonds. The van der Waals surface area contributed by atoms with Crippen molar-refractivity contribution in [3.05, 3.63) is 0 Å². The molecule has 0 bridgehead atoms. The molecule has 2 aliphatic carbocycles. The molecule has 0 aromatic rings. The molecule has 2 rings (SSSR count). The Labute approximate surface area is 106 Å². The van der Waals surface area contributed by atoms with Crippen molar-refractivity contribution in [3.63, 3.8) is 0 Å². The van der Waals surface area contributed by atoms with Crippen molar-refractivity contribution >= 4 is 0 Å². The number of hydrogen-bond acceptors (Lipinski definition) is 2. The Morgan fingerprint density at radius 1 is 0.882 bits per heavy atom. The van der Waals surface area contributed by atoms with E-state index in [0.717, 1.165) is 38.5 Å². The first-order chi connectivity index (χ1) is 7.93. The van der Waals surface area contributed by atoms with Crippen molar-refractivity contribution < 1.29 is 5.11 Å². The van der Waals surface area contributed by atoms with E-state index in [-0.39, 0.29) is 5.41 Å². The quantitative estimate of drug-likeness (QED) is 0.777. The summed E-state index contributed by atoms with van der Waals surface area (Å²) in [6.45, 7) is 5.31. The lowest BCUT2D eigenvalue weighted by Gasteiger charge is -2.53. The zero-order valence-electron chi connectivity index (χ0n) is 11.6. The van der Waals surface area contributed by atoms with E-state index in [0.29, 0.717) is 12.0 Å². The van der Waals surface area contributed by atoms with Crippen LogP contribution in [0.3, 0.4) is 0 Å². The van der Waals surface area contributed by atoms with Crippen LogP contribution in [-0.2, 0) is 0 Å². The van der Waals surface area contributed by atoms with Crippen LogP contribution in [0.25, 0.3) is 0 Å². The standard InChI is InChI=1S/C15H29NO/c1-13(2)8-10-15(17,11-9-13)14(12-16)6-4-3-5-7-14/h17H,3-12,16H2,1-2H3.